The third-order valence-corrected chi connectivity index (χ3v) is 7.71. The van der Waals surface area contributed by atoms with E-state index in [0.29, 0.717) is 19.1 Å². The summed E-state index contributed by atoms with van der Waals surface area (Å²) in [6, 6.07) is 0.659. The van der Waals surface area contributed by atoms with E-state index in [9.17, 15) is 8.42 Å². The molecule has 2 saturated heterocycles. The first-order chi connectivity index (χ1) is 10.8. The van der Waals surface area contributed by atoms with Crippen LogP contribution < -0.4 is 5.32 Å². The Bertz CT molecular complexity index is 530. The Morgan fingerprint density at radius 3 is 2.65 bits per heavy atom. The Kier molecular flexibility index (Phi) is 5.94. The predicted octanol–water partition coefficient (Wildman–Crippen LogP) is 0.945. The van der Waals surface area contributed by atoms with Crippen molar-refractivity contribution in [2.24, 2.45) is 4.99 Å². The van der Waals surface area contributed by atoms with Crippen molar-refractivity contribution in [1.82, 2.24) is 15.1 Å². The third kappa shape index (κ3) is 4.38. The van der Waals surface area contributed by atoms with Crippen LogP contribution in [0.15, 0.2) is 4.99 Å². The molecular formula is C16H32N4O2S. The number of hydrogen-bond donors (Lipinski definition) is 1. The van der Waals surface area contributed by atoms with Crippen LogP contribution in [0.1, 0.15) is 40.0 Å². The lowest BCUT2D eigenvalue weighted by atomic mass is 10.0. The minimum Gasteiger partial charge on any atom is -0.355 e. The highest BCUT2D eigenvalue weighted by Gasteiger charge is 2.40. The van der Waals surface area contributed by atoms with Gasteiger partial charge in [0.2, 0.25) is 0 Å². The van der Waals surface area contributed by atoms with Crippen LogP contribution >= 0.6 is 0 Å². The Balaban J connectivity index is 1.86. The van der Waals surface area contributed by atoms with Crippen LogP contribution in [0, 0.1) is 0 Å². The monoisotopic (exact) mass is 344 g/mol. The van der Waals surface area contributed by atoms with Gasteiger partial charge in [-0.2, -0.15) is 0 Å². The molecular weight excluding hydrogens is 312 g/mol. The summed E-state index contributed by atoms with van der Waals surface area (Å²) < 4.78 is 23.5. The Hall–Kier alpha value is -0.820. The molecule has 2 heterocycles. The molecule has 0 bridgehead atoms. The normalized spacial score (nSPS) is 28.6. The topological polar surface area (TPSA) is 65.0 Å². The van der Waals surface area contributed by atoms with Gasteiger partial charge in [-0.25, -0.2) is 8.42 Å². The van der Waals surface area contributed by atoms with Crippen LogP contribution in [-0.4, -0.2) is 80.5 Å². The second kappa shape index (κ2) is 7.38. The fraction of sp³-hybridized carbons (Fsp3) is 0.938. The molecule has 6 nitrogen and oxygen atoms in total. The molecule has 23 heavy (non-hydrogen) atoms. The largest absolute Gasteiger partial charge is 0.355 e. The fourth-order valence-electron chi connectivity index (χ4n) is 3.46. The molecule has 0 radical (unpaired) electrons. The van der Waals surface area contributed by atoms with Gasteiger partial charge in [-0.3, -0.25) is 9.89 Å². The first-order valence-corrected chi connectivity index (χ1v) is 10.3. The summed E-state index contributed by atoms with van der Waals surface area (Å²) in [6.45, 7) is 9.95. The first-order valence-electron chi connectivity index (χ1n) is 8.69. The summed E-state index contributed by atoms with van der Waals surface area (Å²) in [5, 5.41) is 3.41. The van der Waals surface area contributed by atoms with Crippen molar-refractivity contribution in [3.8, 4) is 0 Å². The van der Waals surface area contributed by atoms with Crippen LogP contribution in [0.25, 0.3) is 0 Å². The highest BCUT2D eigenvalue weighted by atomic mass is 32.2. The molecule has 0 aromatic carbocycles. The minimum absolute atomic E-state index is 0.198. The molecule has 2 fully saturated rings. The van der Waals surface area contributed by atoms with Crippen molar-refractivity contribution in [1.29, 1.82) is 0 Å². The summed E-state index contributed by atoms with van der Waals surface area (Å²) in [4.78, 5) is 8.94. The van der Waals surface area contributed by atoms with Gasteiger partial charge in [0.1, 0.15) is 0 Å². The number of aliphatic imine (C=N–C) groups is 1. The SMILES string of the molecule is CN=C(NCCN1CCCCC1C)N1CCS(=O)(=O)C(C)(C)C1. The number of nitrogens with zero attached hydrogens (tertiary/aromatic N) is 3. The number of guanidine groups is 1. The lowest BCUT2D eigenvalue weighted by Crippen LogP contribution is -2.57. The highest BCUT2D eigenvalue weighted by Crippen LogP contribution is 2.23. The second-order valence-corrected chi connectivity index (χ2v) is 10.1. The molecule has 7 heteroatoms. The molecule has 2 rings (SSSR count). The van der Waals surface area contributed by atoms with Gasteiger partial charge < -0.3 is 10.2 Å². The van der Waals surface area contributed by atoms with Crippen molar-refractivity contribution in [3.63, 3.8) is 0 Å². The van der Waals surface area contributed by atoms with E-state index in [1.54, 1.807) is 20.9 Å². The van der Waals surface area contributed by atoms with Crippen LogP contribution in [0.4, 0.5) is 0 Å². The van der Waals surface area contributed by atoms with Crippen LogP contribution in [-0.2, 0) is 9.84 Å². The van der Waals surface area contributed by atoms with E-state index < -0.39 is 14.6 Å². The zero-order valence-corrected chi connectivity index (χ0v) is 15.8. The molecule has 1 unspecified atom stereocenters. The zero-order chi connectivity index (χ0) is 17.1. The van der Waals surface area contributed by atoms with Gasteiger partial charge in [0.05, 0.1) is 10.5 Å². The highest BCUT2D eigenvalue weighted by molar-refractivity contribution is 7.92. The first kappa shape index (κ1) is 18.5. The molecule has 1 N–H and O–H groups in total. The van der Waals surface area contributed by atoms with Gasteiger partial charge >= 0.3 is 0 Å². The van der Waals surface area contributed by atoms with Crippen LogP contribution in [0.3, 0.4) is 0 Å². The predicted molar refractivity (Wildman–Crippen MR) is 95.7 cm³/mol. The molecule has 2 aliphatic rings. The third-order valence-electron chi connectivity index (χ3n) is 5.18. The van der Waals surface area contributed by atoms with Crippen molar-refractivity contribution < 1.29 is 8.42 Å². The van der Waals surface area contributed by atoms with E-state index in [-0.39, 0.29) is 5.75 Å². The maximum absolute atomic E-state index is 12.1. The van der Waals surface area contributed by atoms with Gasteiger partial charge in [0.15, 0.2) is 15.8 Å². The minimum atomic E-state index is -3.01. The summed E-state index contributed by atoms with van der Waals surface area (Å²) in [6.07, 6.45) is 3.91. The van der Waals surface area contributed by atoms with Gasteiger partial charge in [-0.05, 0) is 40.2 Å². The number of piperidine rings is 1. The molecule has 0 spiro atoms. The number of sulfone groups is 1. The van der Waals surface area contributed by atoms with Crippen molar-refractivity contribution in [3.05, 3.63) is 0 Å². The molecule has 0 saturated carbocycles. The van der Waals surface area contributed by atoms with Crippen LogP contribution in [0.5, 0.6) is 0 Å². The van der Waals surface area contributed by atoms with Crippen molar-refractivity contribution in [2.45, 2.75) is 50.8 Å². The molecule has 0 aromatic rings. The standard InChI is InChI=1S/C16H32N4O2S/c1-14-7-5-6-9-19(14)10-8-18-15(17-4)20-11-12-23(21,22)16(2,3)13-20/h14H,5-13H2,1-4H3,(H,17,18). The summed E-state index contributed by atoms with van der Waals surface area (Å²) in [5.41, 5.74) is 0. The summed E-state index contributed by atoms with van der Waals surface area (Å²) >= 11 is 0. The molecule has 1 atom stereocenters. The maximum atomic E-state index is 12.1. The smallest absolute Gasteiger partial charge is 0.193 e. The fourth-order valence-corrected chi connectivity index (χ4v) is 4.82. The number of rotatable bonds is 3. The molecule has 0 aromatic heterocycles. The lowest BCUT2D eigenvalue weighted by Gasteiger charge is -2.39. The van der Waals surface area contributed by atoms with Crippen LogP contribution in [0.2, 0.25) is 0 Å². The average Bonchev–Trinajstić information content (AvgIpc) is 2.48. The number of nitrogens with one attached hydrogen (secondary N) is 1. The molecule has 2 aliphatic heterocycles. The van der Waals surface area contributed by atoms with Gasteiger partial charge in [0.25, 0.3) is 0 Å². The van der Waals surface area contributed by atoms with Gasteiger partial charge in [0, 0.05) is 39.3 Å². The number of likely N-dealkylation sites (tertiary alicyclic amines) is 1. The van der Waals surface area contributed by atoms with Gasteiger partial charge in [-0.1, -0.05) is 6.42 Å². The van der Waals surface area contributed by atoms with Crippen molar-refractivity contribution in [2.75, 3.05) is 45.5 Å². The Morgan fingerprint density at radius 2 is 2.04 bits per heavy atom. The van der Waals surface area contributed by atoms with E-state index in [1.807, 2.05) is 0 Å². The quantitative estimate of drug-likeness (QED) is 0.610. The van der Waals surface area contributed by atoms with E-state index in [0.717, 1.165) is 19.0 Å². The molecule has 0 aliphatic carbocycles. The Labute approximate surface area is 141 Å². The lowest BCUT2D eigenvalue weighted by molar-refractivity contribution is 0.163. The number of hydrogen-bond acceptors (Lipinski definition) is 4. The molecule has 0 amide bonds. The average molecular weight is 345 g/mol. The van der Waals surface area contributed by atoms with Gasteiger partial charge in [-0.15, -0.1) is 0 Å². The molecule has 134 valence electrons. The second-order valence-electron chi connectivity index (χ2n) is 7.35. The van der Waals surface area contributed by atoms with Crippen molar-refractivity contribution >= 4 is 15.8 Å². The Morgan fingerprint density at radius 1 is 1.30 bits per heavy atom. The summed E-state index contributed by atoms with van der Waals surface area (Å²) in [5.74, 6) is 1.02. The van der Waals surface area contributed by atoms with E-state index in [1.165, 1.54) is 25.8 Å². The maximum Gasteiger partial charge on any atom is 0.193 e. The van der Waals surface area contributed by atoms with E-state index in [2.05, 4.69) is 27.0 Å². The summed E-state index contributed by atoms with van der Waals surface area (Å²) in [7, 11) is -1.25. The van der Waals surface area contributed by atoms with E-state index >= 15 is 0 Å². The zero-order valence-electron chi connectivity index (χ0n) is 15.0. The van der Waals surface area contributed by atoms with E-state index in [4.69, 9.17) is 0 Å².